The van der Waals surface area contributed by atoms with E-state index in [1.54, 1.807) is 7.11 Å². The van der Waals surface area contributed by atoms with Crippen LogP contribution in [0.5, 0.6) is 11.5 Å². The number of hydrogen-bond donors (Lipinski definition) is 2. The highest BCUT2D eigenvalue weighted by Gasteiger charge is 2.39. The largest absolute Gasteiger partial charge is 0.503 e. The molecule has 1 fully saturated rings. The molecule has 0 amide bonds. The maximum Gasteiger partial charge on any atom is 0.172 e. The molecule has 0 aromatic heterocycles. The molecular formula is C12H16BrNO2. The first-order chi connectivity index (χ1) is 7.47. The lowest BCUT2D eigenvalue weighted by Crippen LogP contribution is -2.25. The van der Waals surface area contributed by atoms with Crippen molar-refractivity contribution in [2.24, 2.45) is 5.73 Å². The van der Waals surface area contributed by atoms with Crippen molar-refractivity contribution in [1.82, 2.24) is 0 Å². The Morgan fingerprint density at radius 3 is 2.69 bits per heavy atom. The molecule has 1 aliphatic rings. The van der Waals surface area contributed by atoms with Crippen LogP contribution in [0.25, 0.3) is 0 Å². The summed E-state index contributed by atoms with van der Waals surface area (Å²) in [6.07, 6.45) is 2.92. The fourth-order valence-corrected chi connectivity index (χ4v) is 2.49. The lowest BCUT2D eigenvalue weighted by atomic mass is 9.99. The molecule has 1 saturated carbocycles. The van der Waals surface area contributed by atoms with Gasteiger partial charge in [-0.15, -0.1) is 0 Å². The molecular weight excluding hydrogens is 270 g/mol. The summed E-state index contributed by atoms with van der Waals surface area (Å²) in [5.41, 5.74) is 8.22. The van der Waals surface area contributed by atoms with Crippen LogP contribution in [0.2, 0.25) is 0 Å². The number of hydrogen-bond acceptors (Lipinski definition) is 3. The molecule has 0 unspecified atom stereocenters. The van der Waals surface area contributed by atoms with Gasteiger partial charge < -0.3 is 15.6 Å². The summed E-state index contributed by atoms with van der Waals surface area (Å²) in [6.45, 7) is 2.01. The van der Waals surface area contributed by atoms with Crippen LogP contribution in [0, 0.1) is 6.92 Å². The van der Waals surface area contributed by atoms with Crippen LogP contribution >= 0.6 is 15.9 Å². The summed E-state index contributed by atoms with van der Waals surface area (Å²) in [5, 5.41) is 9.91. The zero-order chi connectivity index (χ0) is 11.9. The number of phenolic OH excluding ortho intramolecular Hbond substituents is 1. The standard InChI is InChI=1S/C12H16BrNO2/c1-7-5-9(16-2)11(15)10(13)8(7)6-12(14)3-4-12/h5,15H,3-4,6,14H2,1-2H3. The number of benzene rings is 1. The second-order valence-electron chi connectivity index (χ2n) is 4.58. The normalized spacial score (nSPS) is 17.2. The van der Waals surface area contributed by atoms with Gasteiger partial charge in [-0.05, 0) is 59.3 Å². The first-order valence-corrected chi connectivity index (χ1v) is 6.10. The summed E-state index contributed by atoms with van der Waals surface area (Å²) in [7, 11) is 1.55. The minimum absolute atomic E-state index is 0.0612. The van der Waals surface area contributed by atoms with Gasteiger partial charge in [0.1, 0.15) is 0 Å². The van der Waals surface area contributed by atoms with Crippen molar-refractivity contribution in [2.45, 2.75) is 31.7 Å². The molecule has 4 heteroatoms. The average molecular weight is 286 g/mol. The van der Waals surface area contributed by atoms with Crippen molar-refractivity contribution >= 4 is 15.9 Å². The van der Waals surface area contributed by atoms with E-state index >= 15 is 0 Å². The predicted molar refractivity (Wildman–Crippen MR) is 67.0 cm³/mol. The van der Waals surface area contributed by atoms with E-state index in [1.807, 2.05) is 13.0 Å². The quantitative estimate of drug-likeness (QED) is 0.897. The fraction of sp³-hybridized carbons (Fsp3) is 0.500. The lowest BCUT2D eigenvalue weighted by Gasteiger charge is -2.16. The highest BCUT2D eigenvalue weighted by atomic mass is 79.9. The number of rotatable bonds is 3. The van der Waals surface area contributed by atoms with Crippen molar-refractivity contribution in [3.05, 3.63) is 21.7 Å². The van der Waals surface area contributed by atoms with Gasteiger partial charge in [-0.25, -0.2) is 0 Å². The smallest absolute Gasteiger partial charge is 0.172 e. The Balaban J connectivity index is 2.41. The Morgan fingerprint density at radius 2 is 2.19 bits per heavy atom. The molecule has 0 spiro atoms. The maximum absolute atomic E-state index is 9.91. The summed E-state index contributed by atoms with van der Waals surface area (Å²) in [4.78, 5) is 0. The number of ether oxygens (including phenoxy) is 1. The molecule has 2 rings (SSSR count). The number of methoxy groups -OCH3 is 1. The van der Waals surface area contributed by atoms with E-state index in [4.69, 9.17) is 10.5 Å². The van der Waals surface area contributed by atoms with Gasteiger partial charge in [0.15, 0.2) is 11.5 Å². The minimum atomic E-state index is -0.0612. The first kappa shape index (κ1) is 11.7. The molecule has 0 heterocycles. The Hall–Kier alpha value is -0.740. The SMILES string of the molecule is COc1cc(C)c(CC2(N)CC2)c(Br)c1O. The zero-order valence-electron chi connectivity index (χ0n) is 9.51. The van der Waals surface area contributed by atoms with Gasteiger partial charge in [-0.3, -0.25) is 0 Å². The lowest BCUT2D eigenvalue weighted by molar-refractivity contribution is 0.371. The van der Waals surface area contributed by atoms with E-state index in [0.717, 1.165) is 30.4 Å². The van der Waals surface area contributed by atoms with Crippen molar-refractivity contribution in [3.63, 3.8) is 0 Å². The van der Waals surface area contributed by atoms with Gasteiger partial charge in [-0.1, -0.05) is 0 Å². The molecule has 16 heavy (non-hydrogen) atoms. The molecule has 1 aromatic rings. The number of halogens is 1. The predicted octanol–water partition coefficient (Wildman–Crippen LogP) is 2.51. The van der Waals surface area contributed by atoms with Gasteiger partial charge >= 0.3 is 0 Å². The molecule has 88 valence electrons. The second kappa shape index (κ2) is 3.93. The summed E-state index contributed by atoms with van der Waals surface area (Å²) < 4.78 is 5.81. The van der Waals surface area contributed by atoms with Crippen molar-refractivity contribution < 1.29 is 9.84 Å². The van der Waals surface area contributed by atoms with Crippen LogP contribution in [-0.2, 0) is 6.42 Å². The number of nitrogens with two attached hydrogens (primary N) is 1. The van der Waals surface area contributed by atoms with E-state index in [2.05, 4.69) is 15.9 Å². The third-order valence-electron chi connectivity index (χ3n) is 3.17. The van der Waals surface area contributed by atoms with Gasteiger partial charge in [0.2, 0.25) is 0 Å². The molecule has 1 aliphatic carbocycles. The molecule has 3 N–H and O–H groups in total. The average Bonchev–Trinajstić information content (AvgIpc) is 2.97. The molecule has 0 atom stereocenters. The van der Waals surface area contributed by atoms with E-state index < -0.39 is 0 Å². The van der Waals surface area contributed by atoms with E-state index in [1.165, 1.54) is 0 Å². The topological polar surface area (TPSA) is 55.5 Å². The van der Waals surface area contributed by atoms with Crippen LogP contribution in [0.15, 0.2) is 10.5 Å². The summed E-state index contributed by atoms with van der Waals surface area (Å²) in [6, 6.07) is 1.85. The molecule has 0 aliphatic heterocycles. The third-order valence-corrected chi connectivity index (χ3v) is 4.03. The van der Waals surface area contributed by atoms with Crippen LogP contribution in [0.4, 0.5) is 0 Å². The fourth-order valence-electron chi connectivity index (χ4n) is 1.84. The molecule has 1 aromatic carbocycles. The maximum atomic E-state index is 9.91. The number of aryl methyl sites for hydroxylation is 1. The molecule has 0 radical (unpaired) electrons. The van der Waals surface area contributed by atoms with Gasteiger partial charge in [0.05, 0.1) is 11.6 Å². The summed E-state index contributed by atoms with van der Waals surface area (Å²) >= 11 is 3.42. The van der Waals surface area contributed by atoms with E-state index in [-0.39, 0.29) is 11.3 Å². The highest BCUT2D eigenvalue weighted by molar-refractivity contribution is 9.10. The van der Waals surface area contributed by atoms with Crippen LogP contribution in [0.1, 0.15) is 24.0 Å². The van der Waals surface area contributed by atoms with E-state index in [0.29, 0.717) is 10.2 Å². The number of phenols is 1. The third kappa shape index (κ3) is 2.04. The van der Waals surface area contributed by atoms with Crippen molar-refractivity contribution in [2.75, 3.05) is 7.11 Å². The molecule has 0 saturated heterocycles. The van der Waals surface area contributed by atoms with Crippen molar-refractivity contribution in [1.29, 1.82) is 0 Å². The van der Waals surface area contributed by atoms with E-state index in [9.17, 15) is 5.11 Å². The van der Waals surface area contributed by atoms with Gasteiger partial charge in [0, 0.05) is 5.54 Å². The van der Waals surface area contributed by atoms with Gasteiger partial charge in [0.25, 0.3) is 0 Å². The minimum Gasteiger partial charge on any atom is -0.503 e. The van der Waals surface area contributed by atoms with Crippen molar-refractivity contribution in [3.8, 4) is 11.5 Å². The number of aromatic hydroxyl groups is 1. The molecule has 0 bridgehead atoms. The monoisotopic (exact) mass is 285 g/mol. The summed E-state index contributed by atoms with van der Waals surface area (Å²) in [5.74, 6) is 0.655. The highest BCUT2D eigenvalue weighted by Crippen LogP contribution is 2.43. The Bertz CT molecular complexity index is 428. The van der Waals surface area contributed by atoms with Crippen LogP contribution in [-0.4, -0.2) is 17.8 Å². The van der Waals surface area contributed by atoms with Crippen LogP contribution in [0.3, 0.4) is 0 Å². The Labute approximate surface area is 104 Å². The first-order valence-electron chi connectivity index (χ1n) is 5.31. The Morgan fingerprint density at radius 1 is 1.56 bits per heavy atom. The van der Waals surface area contributed by atoms with Crippen LogP contribution < -0.4 is 10.5 Å². The second-order valence-corrected chi connectivity index (χ2v) is 5.37. The zero-order valence-corrected chi connectivity index (χ0v) is 11.1. The van der Waals surface area contributed by atoms with Gasteiger partial charge in [-0.2, -0.15) is 0 Å². The Kier molecular flexibility index (Phi) is 2.88. The molecule has 3 nitrogen and oxygen atoms in total.